The Morgan fingerprint density at radius 2 is 1.65 bits per heavy atom. The molecule has 0 aliphatic rings. The van der Waals surface area contributed by atoms with Crippen molar-refractivity contribution in [1.82, 2.24) is 0 Å². The Hall–Kier alpha value is -2.24. The Morgan fingerprint density at radius 1 is 1.00 bits per heavy atom. The normalized spacial score (nSPS) is 10.3. The van der Waals surface area contributed by atoms with Crippen molar-refractivity contribution in [2.75, 3.05) is 17.7 Å². The first-order valence-electron chi connectivity index (χ1n) is 6.64. The van der Waals surface area contributed by atoms with Crippen molar-refractivity contribution in [2.24, 2.45) is 0 Å². The van der Waals surface area contributed by atoms with Crippen LogP contribution < -0.4 is 15.4 Å². The number of benzene rings is 2. The van der Waals surface area contributed by atoms with E-state index >= 15 is 0 Å². The molecule has 0 bridgehead atoms. The van der Waals surface area contributed by atoms with E-state index in [1.807, 2.05) is 0 Å². The topological polar surface area (TPSA) is 67.4 Å². The molecule has 23 heavy (non-hydrogen) atoms. The predicted octanol–water partition coefficient (Wildman–Crippen LogP) is 3.69. The summed E-state index contributed by atoms with van der Waals surface area (Å²) in [7, 11) is 1.56. The van der Waals surface area contributed by atoms with Crippen LogP contribution in [0, 0.1) is 0 Å². The van der Waals surface area contributed by atoms with Crippen molar-refractivity contribution in [3.8, 4) is 5.75 Å². The van der Waals surface area contributed by atoms with Gasteiger partial charge in [0.1, 0.15) is 5.75 Å². The van der Waals surface area contributed by atoms with Gasteiger partial charge in [-0.05, 0) is 36.4 Å². The molecule has 0 fully saturated rings. The summed E-state index contributed by atoms with van der Waals surface area (Å²) in [5, 5.41) is 5.25. The third kappa shape index (κ3) is 4.61. The summed E-state index contributed by atoms with van der Waals surface area (Å²) in [4.78, 5) is 22.8. The van der Waals surface area contributed by atoms with Crippen LogP contribution in [0.2, 0.25) is 0 Å². The minimum atomic E-state index is -1.22. The van der Waals surface area contributed by atoms with Crippen molar-refractivity contribution in [3.63, 3.8) is 0 Å². The number of alkyl halides is 2. The van der Waals surface area contributed by atoms with Crippen molar-refractivity contribution >= 4 is 46.4 Å². The van der Waals surface area contributed by atoms with Gasteiger partial charge >= 0.3 is 0 Å². The maximum Gasteiger partial charge on any atom is 0.257 e. The van der Waals surface area contributed by atoms with E-state index in [0.29, 0.717) is 22.7 Å². The van der Waals surface area contributed by atoms with Gasteiger partial charge in [0.2, 0.25) is 0 Å². The van der Waals surface area contributed by atoms with Gasteiger partial charge in [0.25, 0.3) is 11.8 Å². The molecule has 0 aliphatic heterocycles. The second kappa shape index (κ2) is 7.85. The minimum Gasteiger partial charge on any atom is -0.497 e. The first kappa shape index (κ1) is 17.1. The minimum absolute atomic E-state index is 0.297. The predicted molar refractivity (Wildman–Crippen MR) is 91.5 cm³/mol. The van der Waals surface area contributed by atoms with Crippen LogP contribution in [0.5, 0.6) is 5.75 Å². The molecule has 0 radical (unpaired) electrons. The molecule has 2 aromatic carbocycles. The van der Waals surface area contributed by atoms with Crippen LogP contribution in [0.25, 0.3) is 0 Å². The average molecular weight is 353 g/mol. The molecule has 0 saturated carbocycles. The lowest BCUT2D eigenvalue weighted by molar-refractivity contribution is -0.114. The van der Waals surface area contributed by atoms with Crippen LogP contribution in [0.15, 0.2) is 48.5 Å². The largest absolute Gasteiger partial charge is 0.497 e. The monoisotopic (exact) mass is 352 g/mol. The second-order valence-electron chi connectivity index (χ2n) is 4.52. The summed E-state index contributed by atoms with van der Waals surface area (Å²) in [6.07, 6.45) is 0. The Balaban J connectivity index is 2.16. The van der Waals surface area contributed by atoms with Crippen LogP contribution in [0.1, 0.15) is 10.4 Å². The number of rotatable bonds is 5. The number of nitrogens with one attached hydrogen (secondary N) is 2. The lowest BCUT2D eigenvalue weighted by Crippen LogP contribution is -2.21. The fourth-order valence-corrected chi connectivity index (χ4v) is 1.96. The quantitative estimate of drug-likeness (QED) is 0.806. The summed E-state index contributed by atoms with van der Waals surface area (Å²) >= 11 is 11.0. The van der Waals surface area contributed by atoms with Crippen molar-refractivity contribution < 1.29 is 14.3 Å². The van der Waals surface area contributed by atoms with Gasteiger partial charge < -0.3 is 15.4 Å². The van der Waals surface area contributed by atoms with E-state index in [9.17, 15) is 9.59 Å². The number of halogens is 2. The molecule has 7 heteroatoms. The SMILES string of the molecule is COc1ccc(NC(=O)c2ccccc2NC(=O)C(Cl)Cl)cc1. The number of hydrogen-bond donors (Lipinski definition) is 2. The summed E-state index contributed by atoms with van der Waals surface area (Å²) in [6.45, 7) is 0. The number of hydrogen-bond acceptors (Lipinski definition) is 3. The van der Waals surface area contributed by atoms with Crippen LogP contribution >= 0.6 is 23.2 Å². The van der Waals surface area contributed by atoms with Gasteiger partial charge in [-0.1, -0.05) is 35.3 Å². The zero-order valence-electron chi connectivity index (χ0n) is 12.2. The highest BCUT2D eigenvalue weighted by Crippen LogP contribution is 2.20. The fraction of sp³-hybridized carbons (Fsp3) is 0.125. The smallest absolute Gasteiger partial charge is 0.257 e. The van der Waals surface area contributed by atoms with Gasteiger partial charge in [-0.15, -0.1) is 0 Å². The van der Waals surface area contributed by atoms with Crippen molar-refractivity contribution in [3.05, 3.63) is 54.1 Å². The number of carbonyl (C=O) groups excluding carboxylic acids is 2. The lowest BCUT2D eigenvalue weighted by atomic mass is 10.1. The molecule has 5 nitrogen and oxygen atoms in total. The van der Waals surface area contributed by atoms with Crippen molar-refractivity contribution in [2.45, 2.75) is 4.84 Å². The molecule has 2 amide bonds. The molecule has 2 rings (SSSR count). The molecule has 0 saturated heterocycles. The molecule has 0 aliphatic carbocycles. The molecule has 2 N–H and O–H groups in total. The Labute approximate surface area is 143 Å². The number of anilines is 2. The van der Waals surface area contributed by atoms with Crippen LogP contribution in [-0.4, -0.2) is 23.8 Å². The lowest BCUT2D eigenvalue weighted by Gasteiger charge is -2.12. The Bertz CT molecular complexity index is 703. The van der Waals surface area contributed by atoms with Crippen LogP contribution in [0.4, 0.5) is 11.4 Å². The zero-order chi connectivity index (χ0) is 16.8. The van der Waals surface area contributed by atoms with Crippen molar-refractivity contribution in [1.29, 1.82) is 0 Å². The van der Waals surface area contributed by atoms with E-state index < -0.39 is 10.7 Å². The van der Waals surface area contributed by atoms with Crippen LogP contribution in [-0.2, 0) is 4.79 Å². The van der Waals surface area contributed by atoms with E-state index in [-0.39, 0.29) is 5.91 Å². The molecule has 120 valence electrons. The average Bonchev–Trinajstić information content (AvgIpc) is 2.55. The van der Waals surface area contributed by atoms with Gasteiger partial charge in [0.05, 0.1) is 18.4 Å². The standard InChI is InChI=1S/C16H14Cl2N2O3/c1-23-11-8-6-10(7-9-11)19-15(21)12-4-2-3-5-13(12)20-16(22)14(17)18/h2-9,14H,1H3,(H,19,21)(H,20,22). The van der Waals surface area contributed by atoms with E-state index in [1.165, 1.54) is 0 Å². The maximum absolute atomic E-state index is 12.4. The first-order chi connectivity index (χ1) is 11.0. The number of amides is 2. The third-order valence-corrected chi connectivity index (χ3v) is 3.37. The van der Waals surface area contributed by atoms with Gasteiger partial charge in [-0.3, -0.25) is 9.59 Å². The third-order valence-electron chi connectivity index (χ3n) is 2.98. The van der Waals surface area contributed by atoms with Gasteiger partial charge in [0, 0.05) is 5.69 Å². The maximum atomic E-state index is 12.4. The highest BCUT2D eigenvalue weighted by atomic mass is 35.5. The first-order valence-corrected chi connectivity index (χ1v) is 7.52. The summed E-state index contributed by atoms with van der Waals surface area (Å²) in [6, 6.07) is 13.5. The van der Waals surface area contributed by atoms with E-state index in [1.54, 1.807) is 55.6 Å². The Morgan fingerprint density at radius 3 is 2.26 bits per heavy atom. The van der Waals surface area contributed by atoms with E-state index in [2.05, 4.69) is 10.6 Å². The van der Waals surface area contributed by atoms with Gasteiger partial charge in [-0.2, -0.15) is 0 Å². The molecule has 0 heterocycles. The zero-order valence-corrected chi connectivity index (χ0v) is 13.7. The van der Waals surface area contributed by atoms with Gasteiger partial charge in [0.15, 0.2) is 4.84 Å². The molecular weight excluding hydrogens is 339 g/mol. The molecule has 2 aromatic rings. The van der Waals surface area contributed by atoms with E-state index in [0.717, 1.165) is 0 Å². The summed E-state index contributed by atoms with van der Waals surface area (Å²) in [5.41, 5.74) is 1.23. The number of carbonyl (C=O) groups is 2. The van der Waals surface area contributed by atoms with Gasteiger partial charge in [-0.25, -0.2) is 0 Å². The molecular formula is C16H14Cl2N2O3. The molecule has 0 atom stereocenters. The van der Waals surface area contributed by atoms with E-state index in [4.69, 9.17) is 27.9 Å². The highest BCUT2D eigenvalue weighted by Gasteiger charge is 2.16. The number of ether oxygens (including phenoxy) is 1. The number of para-hydroxylation sites is 1. The number of methoxy groups -OCH3 is 1. The summed E-state index contributed by atoms with van der Waals surface area (Å²) < 4.78 is 5.06. The molecule has 0 unspecified atom stereocenters. The fourth-order valence-electron chi connectivity index (χ4n) is 1.85. The highest BCUT2D eigenvalue weighted by molar-refractivity contribution is 6.54. The second-order valence-corrected chi connectivity index (χ2v) is 5.61. The summed E-state index contributed by atoms with van der Waals surface area (Å²) in [5.74, 6) is -0.282. The van der Waals surface area contributed by atoms with Crippen LogP contribution in [0.3, 0.4) is 0 Å². The molecule has 0 spiro atoms. The Kier molecular flexibility index (Phi) is 5.84. The molecule has 0 aromatic heterocycles.